The van der Waals surface area contributed by atoms with E-state index in [-0.39, 0.29) is 21.1 Å². The zero-order valence-electron chi connectivity index (χ0n) is 19.1. The van der Waals surface area contributed by atoms with Gasteiger partial charge in [0.15, 0.2) is 5.15 Å². The van der Waals surface area contributed by atoms with Gasteiger partial charge in [-0.2, -0.15) is 4.98 Å². The van der Waals surface area contributed by atoms with Crippen LogP contribution in [0.5, 0.6) is 11.6 Å². The third kappa shape index (κ3) is 10.5. The lowest BCUT2D eigenvalue weighted by molar-refractivity contribution is 0.218. The van der Waals surface area contributed by atoms with Crippen LogP contribution in [-0.4, -0.2) is 38.7 Å². The predicted octanol–water partition coefficient (Wildman–Crippen LogP) is 9.33. The fraction of sp³-hybridized carbons (Fsp3) is 0.389. The highest BCUT2D eigenvalue weighted by molar-refractivity contribution is 8.08. The SMILES string of the molecule is CCOP(=S)(OCC)Oc1ccc(SC)c(Cl)c1Cl.COP(=S)(OC)Oc1nc(Cl)c(Cl)cc1Cl. The van der Waals surface area contributed by atoms with E-state index in [2.05, 4.69) is 4.98 Å². The molecule has 0 amide bonds. The normalized spacial score (nSPS) is 11.6. The highest BCUT2D eigenvalue weighted by Gasteiger charge is 2.24. The molecule has 0 aliphatic rings. The molecule has 1 aromatic carbocycles. The maximum atomic E-state index is 6.17. The second kappa shape index (κ2) is 16.1. The number of hydrogen-bond donors (Lipinski definition) is 0. The maximum absolute atomic E-state index is 6.17. The molecular formula is C18H22Cl5NO6P2S3. The standard InChI is InChI=1S/C11H15Cl2O3PS2.C7H7Cl3NO3PS/c1-4-14-17(18,15-5-2)16-8-6-7-9(19-3)11(13)10(8)12;1-12-15(16,13-2)14-7-5(9)3-4(8)6(10)11-7/h6-7H,4-5H2,1-3H3;3H,1-2H3. The molecule has 17 heteroatoms. The van der Waals surface area contributed by atoms with Crippen molar-refractivity contribution in [3.63, 3.8) is 0 Å². The Morgan fingerprint density at radius 3 is 1.91 bits per heavy atom. The predicted molar refractivity (Wildman–Crippen MR) is 155 cm³/mol. The van der Waals surface area contributed by atoms with Crippen molar-refractivity contribution in [3.8, 4) is 11.6 Å². The molecule has 0 N–H and O–H groups in total. The van der Waals surface area contributed by atoms with Gasteiger partial charge in [-0.25, -0.2) is 0 Å². The first-order valence-electron chi connectivity index (χ1n) is 9.42. The van der Waals surface area contributed by atoms with E-state index < -0.39 is 13.4 Å². The molecule has 7 nitrogen and oxygen atoms in total. The van der Waals surface area contributed by atoms with Crippen molar-refractivity contribution >= 4 is 107 Å². The summed E-state index contributed by atoms with van der Waals surface area (Å²) in [5.74, 6) is 0.415. The third-order valence-electron chi connectivity index (χ3n) is 3.52. The van der Waals surface area contributed by atoms with Gasteiger partial charge in [-0.1, -0.05) is 58.0 Å². The lowest BCUT2D eigenvalue weighted by atomic mass is 10.3. The fourth-order valence-electron chi connectivity index (χ4n) is 2.02. The zero-order chi connectivity index (χ0) is 26.8. The minimum absolute atomic E-state index is 0.0306. The average molecular weight is 684 g/mol. The van der Waals surface area contributed by atoms with Gasteiger partial charge in [-0.15, -0.1) is 11.8 Å². The van der Waals surface area contributed by atoms with E-state index in [0.29, 0.717) is 29.0 Å². The van der Waals surface area contributed by atoms with E-state index >= 15 is 0 Å². The Hall–Kier alpha value is 0.910. The summed E-state index contributed by atoms with van der Waals surface area (Å²) < 4.78 is 31.6. The number of thioether (sulfide) groups is 1. The first kappa shape index (κ1) is 33.9. The van der Waals surface area contributed by atoms with Gasteiger partial charge in [0.1, 0.15) is 15.8 Å². The zero-order valence-corrected chi connectivity index (χ0v) is 27.1. The van der Waals surface area contributed by atoms with Crippen molar-refractivity contribution in [2.45, 2.75) is 18.7 Å². The van der Waals surface area contributed by atoms with Crippen LogP contribution in [0.1, 0.15) is 13.8 Å². The number of hydrogen-bond acceptors (Lipinski definition) is 10. The number of nitrogens with zero attached hydrogens (tertiary/aromatic N) is 1. The first-order chi connectivity index (χ1) is 16.4. The van der Waals surface area contributed by atoms with Crippen LogP contribution in [0.4, 0.5) is 0 Å². The molecule has 0 saturated heterocycles. The minimum atomic E-state index is -2.88. The van der Waals surface area contributed by atoms with Crippen LogP contribution >= 0.6 is 83.2 Å². The second-order valence-corrected chi connectivity index (χ2v) is 14.6. The van der Waals surface area contributed by atoms with Gasteiger partial charge >= 0.3 is 13.4 Å². The van der Waals surface area contributed by atoms with E-state index in [0.717, 1.165) is 4.90 Å². The van der Waals surface area contributed by atoms with Crippen LogP contribution < -0.4 is 9.05 Å². The number of aromatic nitrogens is 1. The monoisotopic (exact) mass is 681 g/mol. The summed E-state index contributed by atoms with van der Waals surface area (Å²) in [5.41, 5.74) is 0. The summed E-state index contributed by atoms with van der Waals surface area (Å²) in [6.45, 7) is -1.24. The molecular weight excluding hydrogens is 662 g/mol. The van der Waals surface area contributed by atoms with Gasteiger partial charge < -0.3 is 18.1 Å². The lowest BCUT2D eigenvalue weighted by Crippen LogP contribution is -2.02. The van der Waals surface area contributed by atoms with Crippen LogP contribution in [0.15, 0.2) is 23.1 Å². The number of pyridine rings is 1. The smallest absolute Gasteiger partial charge is 0.381 e. The van der Waals surface area contributed by atoms with Gasteiger partial charge in [0.05, 0.1) is 23.3 Å². The Morgan fingerprint density at radius 1 is 0.857 bits per heavy atom. The fourth-order valence-corrected chi connectivity index (χ4v) is 6.72. The Balaban J connectivity index is 0.000000355. The Morgan fingerprint density at radius 2 is 1.43 bits per heavy atom. The van der Waals surface area contributed by atoms with Crippen molar-refractivity contribution in [1.29, 1.82) is 0 Å². The molecule has 198 valence electrons. The van der Waals surface area contributed by atoms with Gasteiger partial charge in [0.25, 0.3) is 0 Å². The van der Waals surface area contributed by atoms with Crippen molar-refractivity contribution in [1.82, 2.24) is 4.98 Å². The van der Waals surface area contributed by atoms with Crippen LogP contribution in [0.2, 0.25) is 25.2 Å². The molecule has 2 rings (SSSR count). The topological polar surface area (TPSA) is 68.3 Å². The summed E-state index contributed by atoms with van der Waals surface area (Å²) in [5, 5.41) is 1.23. The summed E-state index contributed by atoms with van der Waals surface area (Å²) in [7, 11) is 2.74. The van der Waals surface area contributed by atoms with Crippen LogP contribution in [0.25, 0.3) is 0 Å². The highest BCUT2D eigenvalue weighted by atomic mass is 35.5. The van der Waals surface area contributed by atoms with Crippen molar-refractivity contribution in [3.05, 3.63) is 43.4 Å². The molecule has 0 aliphatic carbocycles. The molecule has 0 fully saturated rings. The van der Waals surface area contributed by atoms with E-state index in [9.17, 15) is 0 Å². The van der Waals surface area contributed by atoms with Crippen LogP contribution in [-0.2, 0) is 41.7 Å². The lowest BCUT2D eigenvalue weighted by Gasteiger charge is -2.22. The Bertz CT molecular complexity index is 1080. The van der Waals surface area contributed by atoms with Gasteiger partial charge in [-0.05, 0) is 38.3 Å². The average Bonchev–Trinajstić information content (AvgIpc) is 2.81. The molecule has 1 aromatic heterocycles. The van der Waals surface area contributed by atoms with Crippen LogP contribution in [0, 0.1) is 0 Å². The highest BCUT2D eigenvalue weighted by Crippen LogP contribution is 2.53. The van der Waals surface area contributed by atoms with Crippen molar-refractivity contribution in [2.24, 2.45) is 0 Å². The summed E-state index contributed by atoms with van der Waals surface area (Å²) in [4.78, 5) is 4.71. The van der Waals surface area contributed by atoms with E-state index in [1.165, 1.54) is 32.0 Å². The van der Waals surface area contributed by atoms with E-state index in [1.54, 1.807) is 6.07 Å². The number of halogens is 5. The summed E-state index contributed by atoms with van der Waals surface area (Å²) in [6.07, 6.45) is 1.92. The van der Waals surface area contributed by atoms with Gasteiger partial charge in [0, 0.05) is 42.7 Å². The minimum Gasteiger partial charge on any atom is -0.422 e. The molecule has 0 saturated carbocycles. The molecule has 35 heavy (non-hydrogen) atoms. The first-order valence-corrected chi connectivity index (χ1v) is 17.6. The molecule has 0 atom stereocenters. The van der Waals surface area contributed by atoms with E-state index in [1.807, 2.05) is 26.2 Å². The maximum Gasteiger partial charge on any atom is 0.381 e. The second-order valence-electron chi connectivity index (χ2n) is 5.72. The van der Waals surface area contributed by atoms with Crippen LogP contribution in [0.3, 0.4) is 0 Å². The molecule has 0 radical (unpaired) electrons. The van der Waals surface area contributed by atoms with Gasteiger partial charge in [-0.3, -0.25) is 9.05 Å². The molecule has 0 aliphatic heterocycles. The molecule has 1 heterocycles. The summed E-state index contributed by atoms with van der Waals surface area (Å²) >= 11 is 41.4. The van der Waals surface area contributed by atoms with Crippen molar-refractivity contribution in [2.75, 3.05) is 33.7 Å². The largest absolute Gasteiger partial charge is 0.422 e. The number of benzene rings is 1. The third-order valence-corrected chi connectivity index (χ3v) is 11.1. The number of rotatable bonds is 11. The molecule has 0 bridgehead atoms. The van der Waals surface area contributed by atoms with Gasteiger partial charge in [0.2, 0.25) is 5.88 Å². The van der Waals surface area contributed by atoms with Crippen molar-refractivity contribution < 1.29 is 27.1 Å². The Kier molecular flexibility index (Phi) is 15.6. The quantitative estimate of drug-likeness (QED) is 0.130. The van der Waals surface area contributed by atoms with E-state index in [4.69, 9.17) is 109 Å². The summed E-state index contributed by atoms with van der Waals surface area (Å²) in [6, 6.07) is 4.95. The molecule has 2 aromatic rings. The molecule has 0 spiro atoms. The molecule has 0 unspecified atom stereocenters. The Labute approximate surface area is 244 Å².